The highest BCUT2D eigenvalue weighted by atomic mass is 19.1. The Morgan fingerprint density at radius 3 is 2.61 bits per heavy atom. The number of benzene rings is 1. The highest BCUT2D eigenvalue weighted by Gasteiger charge is 2.03. The number of nitrogens with zero attached hydrogens (tertiary/aromatic N) is 2. The summed E-state index contributed by atoms with van der Waals surface area (Å²) in [5.41, 5.74) is 1.81. The van der Waals surface area contributed by atoms with Gasteiger partial charge in [0.1, 0.15) is 17.4 Å². The molecule has 1 aromatic carbocycles. The minimum absolute atomic E-state index is 0.245. The molecule has 3 rings (SSSR count). The molecule has 5 nitrogen and oxygen atoms in total. The molecule has 0 atom stereocenters. The van der Waals surface area contributed by atoms with Gasteiger partial charge in [0.05, 0.1) is 12.8 Å². The van der Waals surface area contributed by atoms with Crippen LogP contribution in [0.5, 0.6) is 0 Å². The van der Waals surface area contributed by atoms with Crippen LogP contribution < -0.4 is 10.6 Å². The van der Waals surface area contributed by atoms with Crippen molar-refractivity contribution in [2.24, 2.45) is 0 Å². The summed E-state index contributed by atoms with van der Waals surface area (Å²) in [6.45, 7) is 2.99. The molecule has 0 spiro atoms. The summed E-state index contributed by atoms with van der Waals surface area (Å²) in [5, 5.41) is 6.35. The van der Waals surface area contributed by atoms with Crippen LogP contribution in [0.2, 0.25) is 0 Å². The standard InChI is InChI=1S/C17H17FN4O/c1-12-9-16(19-11-15-3-2-8-23-15)22-17(21-12)20-10-13-4-6-14(18)7-5-13/h2-9H,10-11H2,1H3,(H2,19,20,21,22). The van der Waals surface area contributed by atoms with Gasteiger partial charge in [0.2, 0.25) is 5.95 Å². The van der Waals surface area contributed by atoms with Gasteiger partial charge in [0.15, 0.2) is 0 Å². The third kappa shape index (κ3) is 4.29. The van der Waals surface area contributed by atoms with Crippen molar-refractivity contribution in [1.82, 2.24) is 9.97 Å². The first kappa shape index (κ1) is 15.0. The zero-order valence-corrected chi connectivity index (χ0v) is 12.7. The zero-order chi connectivity index (χ0) is 16.1. The summed E-state index contributed by atoms with van der Waals surface area (Å²) >= 11 is 0. The summed E-state index contributed by atoms with van der Waals surface area (Å²) in [7, 11) is 0. The molecule has 2 aromatic heterocycles. The second-order valence-electron chi connectivity index (χ2n) is 5.13. The Morgan fingerprint density at radius 1 is 1.04 bits per heavy atom. The first-order chi connectivity index (χ1) is 11.2. The largest absolute Gasteiger partial charge is 0.467 e. The minimum atomic E-state index is -0.245. The van der Waals surface area contributed by atoms with E-state index >= 15 is 0 Å². The maximum Gasteiger partial charge on any atom is 0.225 e. The fraction of sp³-hybridized carbons (Fsp3) is 0.176. The Morgan fingerprint density at radius 2 is 1.87 bits per heavy atom. The van der Waals surface area contributed by atoms with Crippen LogP contribution in [0.15, 0.2) is 53.1 Å². The van der Waals surface area contributed by atoms with Crippen molar-refractivity contribution in [3.05, 3.63) is 71.6 Å². The average molecular weight is 312 g/mol. The molecular formula is C17H17FN4O. The Balaban J connectivity index is 1.63. The van der Waals surface area contributed by atoms with E-state index in [4.69, 9.17) is 4.42 Å². The van der Waals surface area contributed by atoms with Gasteiger partial charge in [-0.05, 0) is 36.8 Å². The van der Waals surface area contributed by atoms with Crippen LogP contribution >= 0.6 is 0 Å². The molecule has 0 aliphatic heterocycles. The highest BCUT2D eigenvalue weighted by Crippen LogP contribution is 2.13. The fourth-order valence-electron chi connectivity index (χ4n) is 2.11. The van der Waals surface area contributed by atoms with Crippen LogP contribution in [-0.4, -0.2) is 9.97 Å². The number of furan rings is 1. The van der Waals surface area contributed by atoms with Crippen molar-refractivity contribution in [2.75, 3.05) is 10.6 Å². The number of rotatable bonds is 6. The van der Waals surface area contributed by atoms with Crippen LogP contribution in [0, 0.1) is 12.7 Å². The second-order valence-corrected chi connectivity index (χ2v) is 5.13. The maximum atomic E-state index is 12.9. The van der Waals surface area contributed by atoms with E-state index in [1.165, 1.54) is 12.1 Å². The third-order valence-corrected chi connectivity index (χ3v) is 3.24. The smallest absolute Gasteiger partial charge is 0.225 e. The van der Waals surface area contributed by atoms with Crippen molar-refractivity contribution in [3.63, 3.8) is 0 Å². The van der Waals surface area contributed by atoms with Crippen molar-refractivity contribution in [1.29, 1.82) is 0 Å². The van der Waals surface area contributed by atoms with Gasteiger partial charge in [0, 0.05) is 18.3 Å². The van der Waals surface area contributed by atoms with E-state index in [0.29, 0.717) is 19.0 Å². The van der Waals surface area contributed by atoms with Crippen molar-refractivity contribution >= 4 is 11.8 Å². The van der Waals surface area contributed by atoms with E-state index in [2.05, 4.69) is 20.6 Å². The number of aryl methyl sites for hydroxylation is 1. The van der Waals surface area contributed by atoms with Gasteiger partial charge >= 0.3 is 0 Å². The molecule has 0 fully saturated rings. The molecule has 0 saturated carbocycles. The number of nitrogens with one attached hydrogen (secondary N) is 2. The SMILES string of the molecule is Cc1cc(NCc2ccco2)nc(NCc2ccc(F)cc2)n1. The topological polar surface area (TPSA) is 63.0 Å². The van der Waals surface area contributed by atoms with Crippen LogP contribution in [0.1, 0.15) is 17.0 Å². The highest BCUT2D eigenvalue weighted by molar-refractivity contribution is 5.42. The molecule has 2 heterocycles. The van der Waals surface area contributed by atoms with E-state index in [1.807, 2.05) is 25.1 Å². The molecule has 118 valence electrons. The lowest BCUT2D eigenvalue weighted by molar-refractivity contribution is 0.518. The van der Waals surface area contributed by atoms with E-state index < -0.39 is 0 Å². The van der Waals surface area contributed by atoms with E-state index in [0.717, 1.165) is 22.8 Å². The van der Waals surface area contributed by atoms with Gasteiger partial charge in [-0.15, -0.1) is 0 Å². The third-order valence-electron chi connectivity index (χ3n) is 3.24. The molecule has 0 unspecified atom stereocenters. The van der Waals surface area contributed by atoms with E-state index in [-0.39, 0.29) is 5.82 Å². The molecule has 0 aliphatic rings. The molecule has 2 N–H and O–H groups in total. The summed E-state index contributed by atoms with van der Waals surface area (Å²) in [6, 6.07) is 11.9. The number of hydrogen-bond donors (Lipinski definition) is 2. The number of halogens is 1. The van der Waals surface area contributed by atoms with Crippen molar-refractivity contribution < 1.29 is 8.81 Å². The Bertz CT molecular complexity index is 757. The predicted octanol–water partition coefficient (Wildman–Crippen LogP) is 3.74. The van der Waals surface area contributed by atoms with E-state index in [1.54, 1.807) is 18.4 Å². The minimum Gasteiger partial charge on any atom is -0.467 e. The summed E-state index contributed by atoms with van der Waals surface area (Å²) in [5.74, 6) is 1.83. The summed E-state index contributed by atoms with van der Waals surface area (Å²) < 4.78 is 18.2. The van der Waals surface area contributed by atoms with Gasteiger partial charge < -0.3 is 15.1 Å². The molecule has 6 heteroatoms. The maximum absolute atomic E-state index is 12.9. The van der Waals surface area contributed by atoms with Gasteiger partial charge in [-0.25, -0.2) is 9.37 Å². The first-order valence-electron chi connectivity index (χ1n) is 7.29. The van der Waals surface area contributed by atoms with Crippen LogP contribution in [-0.2, 0) is 13.1 Å². The van der Waals surface area contributed by atoms with Gasteiger partial charge in [-0.2, -0.15) is 4.98 Å². The monoisotopic (exact) mass is 312 g/mol. The number of hydrogen-bond acceptors (Lipinski definition) is 5. The molecule has 0 radical (unpaired) electrons. The molecular weight excluding hydrogens is 295 g/mol. The van der Waals surface area contributed by atoms with Gasteiger partial charge in [-0.3, -0.25) is 0 Å². The molecule has 0 amide bonds. The lowest BCUT2D eigenvalue weighted by Gasteiger charge is -2.09. The molecule has 23 heavy (non-hydrogen) atoms. The van der Waals surface area contributed by atoms with Crippen LogP contribution in [0.25, 0.3) is 0 Å². The Hall–Kier alpha value is -2.89. The fourth-order valence-corrected chi connectivity index (χ4v) is 2.11. The van der Waals surface area contributed by atoms with Crippen LogP contribution in [0.4, 0.5) is 16.2 Å². The van der Waals surface area contributed by atoms with E-state index in [9.17, 15) is 4.39 Å². The number of anilines is 2. The first-order valence-corrected chi connectivity index (χ1v) is 7.29. The summed E-state index contributed by atoms with van der Waals surface area (Å²) in [4.78, 5) is 8.77. The molecule has 0 saturated heterocycles. The zero-order valence-electron chi connectivity index (χ0n) is 12.7. The van der Waals surface area contributed by atoms with Crippen molar-refractivity contribution in [2.45, 2.75) is 20.0 Å². The Kier molecular flexibility index (Phi) is 4.52. The quantitative estimate of drug-likeness (QED) is 0.726. The lowest BCUT2D eigenvalue weighted by atomic mass is 10.2. The van der Waals surface area contributed by atoms with Gasteiger partial charge in [-0.1, -0.05) is 12.1 Å². The second kappa shape index (κ2) is 6.91. The normalized spacial score (nSPS) is 10.5. The summed E-state index contributed by atoms with van der Waals surface area (Å²) in [6.07, 6.45) is 1.64. The van der Waals surface area contributed by atoms with Gasteiger partial charge in [0.25, 0.3) is 0 Å². The average Bonchev–Trinajstić information content (AvgIpc) is 3.05. The lowest BCUT2D eigenvalue weighted by Crippen LogP contribution is -2.08. The van der Waals surface area contributed by atoms with Crippen LogP contribution in [0.3, 0.4) is 0 Å². The Labute approximate surface area is 133 Å². The molecule has 0 aliphatic carbocycles. The number of aromatic nitrogens is 2. The molecule has 3 aromatic rings. The molecule has 0 bridgehead atoms. The predicted molar refractivity (Wildman–Crippen MR) is 86.5 cm³/mol. The van der Waals surface area contributed by atoms with Crippen molar-refractivity contribution in [3.8, 4) is 0 Å².